The zero-order valence-electron chi connectivity index (χ0n) is 11.0. The maximum Gasteiger partial charge on any atom is 0.308 e. The Hall–Kier alpha value is -1.62. The third-order valence-corrected chi connectivity index (χ3v) is 3.54. The van der Waals surface area contributed by atoms with Crippen LogP contribution in [0.5, 0.6) is 0 Å². The molecule has 1 aliphatic carbocycles. The number of hydrogen-bond donors (Lipinski definition) is 1. The molecule has 0 saturated heterocycles. The monoisotopic (exact) mass is 299 g/mol. The fourth-order valence-electron chi connectivity index (χ4n) is 1.97. The molecule has 0 heterocycles. The molecular weight excluding hydrogens is 285 g/mol. The second kappa shape index (κ2) is 5.79. The van der Waals surface area contributed by atoms with Crippen molar-refractivity contribution in [3.63, 3.8) is 0 Å². The van der Waals surface area contributed by atoms with Gasteiger partial charge < -0.3 is 10.0 Å². The van der Waals surface area contributed by atoms with E-state index in [9.17, 15) is 14.0 Å². The number of carbonyl (C=O) groups excluding carboxylic acids is 1. The van der Waals surface area contributed by atoms with Gasteiger partial charge in [0.1, 0.15) is 5.82 Å². The molecule has 0 spiro atoms. The van der Waals surface area contributed by atoms with E-state index in [1.165, 1.54) is 24.0 Å². The van der Waals surface area contributed by atoms with E-state index in [1.807, 2.05) is 0 Å². The molecule has 0 unspecified atom stereocenters. The van der Waals surface area contributed by atoms with Gasteiger partial charge in [-0.25, -0.2) is 4.39 Å². The van der Waals surface area contributed by atoms with E-state index in [2.05, 4.69) is 0 Å². The van der Waals surface area contributed by atoms with Crippen LogP contribution in [0.25, 0.3) is 0 Å². The van der Waals surface area contributed by atoms with Gasteiger partial charge in [-0.2, -0.15) is 0 Å². The van der Waals surface area contributed by atoms with Crippen molar-refractivity contribution in [3.05, 3.63) is 34.6 Å². The lowest BCUT2D eigenvalue weighted by molar-refractivity contribution is -0.141. The summed E-state index contributed by atoms with van der Waals surface area (Å²) >= 11 is 5.66. The lowest BCUT2D eigenvalue weighted by Crippen LogP contribution is -2.39. The molecule has 4 nitrogen and oxygen atoms in total. The van der Waals surface area contributed by atoms with Crippen LogP contribution < -0.4 is 0 Å². The Labute approximate surface area is 121 Å². The molecule has 0 aliphatic heterocycles. The highest BCUT2D eigenvalue weighted by molar-refractivity contribution is 6.30. The summed E-state index contributed by atoms with van der Waals surface area (Å²) in [5.41, 5.74) is -0.0705. The number of carboxylic acids is 1. The Balaban J connectivity index is 2.20. The molecular formula is C14H15ClFNO3. The van der Waals surface area contributed by atoms with Gasteiger partial charge in [-0.05, 0) is 31.0 Å². The van der Waals surface area contributed by atoms with Gasteiger partial charge in [-0.3, -0.25) is 9.59 Å². The first-order valence-electron chi connectivity index (χ1n) is 6.39. The van der Waals surface area contributed by atoms with Gasteiger partial charge in [0, 0.05) is 17.6 Å². The highest BCUT2D eigenvalue weighted by Gasteiger charge is 2.35. The minimum absolute atomic E-state index is 0.0133. The lowest BCUT2D eigenvalue weighted by Gasteiger charge is -2.24. The Morgan fingerprint density at radius 2 is 2.15 bits per heavy atom. The summed E-state index contributed by atoms with van der Waals surface area (Å²) in [7, 11) is 0. The average molecular weight is 300 g/mol. The molecule has 1 N–H and O–H groups in total. The number of halogens is 2. The number of carbonyl (C=O) groups is 2. The number of nitrogens with zero attached hydrogens (tertiary/aromatic N) is 1. The average Bonchev–Trinajstić information content (AvgIpc) is 3.19. The van der Waals surface area contributed by atoms with Gasteiger partial charge in [0.25, 0.3) is 5.91 Å². The molecule has 1 saturated carbocycles. The van der Waals surface area contributed by atoms with E-state index >= 15 is 0 Å². The number of hydrogen-bond acceptors (Lipinski definition) is 2. The second-order valence-corrected chi connectivity index (χ2v) is 5.49. The molecule has 6 heteroatoms. The summed E-state index contributed by atoms with van der Waals surface area (Å²) in [6.07, 6.45) is 1.65. The van der Waals surface area contributed by atoms with Crippen LogP contribution in [0.3, 0.4) is 0 Å². The molecule has 1 aliphatic rings. The van der Waals surface area contributed by atoms with Crippen molar-refractivity contribution >= 4 is 23.5 Å². The maximum absolute atomic E-state index is 13.8. The van der Waals surface area contributed by atoms with Gasteiger partial charge in [0.2, 0.25) is 0 Å². The number of carboxylic acid groups (broad SMARTS) is 1. The Kier molecular flexibility index (Phi) is 4.28. The summed E-state index contributed by atoms with van der Waals surface area (Å²) in [6.45, 7) is 1.62. The van der Waals surface area contributed by atoms with Crippen molar-refractivity contribution in [2.75, 3.05) is 6.54 Å². The Bertz CT molecular complexity index is 545. The van der Waals surface area contributed by atoms with Crippen molar-refractivity contribution in [2.24, 2.45) is 5.92 Å². The predicted octanol–water partition coefficient (Wildman–Crippen LogP) is 2.80. The molecule has 20 heavy (non-hydrogen) atoms. The normalized spacial score (nSPS) is 15.8. The highest BCUT2D eigenvalue weighted by atomic mass is 35.5. The number of aliphatic carboxylic acids is 1. The molecule has 1 fully saturated rings. The quantitative estimate of drug-likeness (QED) is 0.909. The summed E-state index contributed by atoms with van der Waals surface area (Å²) in [6, 6.07) is 3.88. The standard InChI is InChI=1S/C14H15ClFNO3/c1-8(14(19)20)7-17(10-3-4-10)13(18)11-5-2-9(15)6-12(11)16/h2,5-6,8,10H,3-4,7H2,1H3,(H,19,20)/t8-/m0/s1. The van der Waals surface area contributed by atoms with E-state index in [0.717, 1.165) is 18.9 Å². The van der Waals surface area contributed by atoms with Crippen LogP contribution in [0.4, 0.5) is 4.39 Å². The van der Waals surface area contributed by atoms with Crippen molar-refractivity contribution in [1.29, 1.82) is 0 Å². The van der Waals surface area contributed by atoms with Gasteiger partial charge in [0.05, 0.1) is 11.5 Å². The minimum Gasteiger partial charge on any atom is -0.481 e. The van der Waals surface area contributed by atoms with E-state index in [4.69, 9.17) is 16.7 Å². The molecule has 2 rings (SSSR count). The fraction of sp³-hybridized carbons (Fsp3) is 0.429. The summed E-state index contributed by atoms with van der Waals surface area (Å²) in [5.74, 6) is -2.82. The second-order valence-electron chi connectivity index (χ2n) is 5.05. The SMILES string of the molecule is C[C@@H](CN(C(=O)c1ccc(Cl)cc1F)C1CC1)C(=O)O. The van der Waals surface area contributed by atoms with Gasteiger partial charge in [0.15, 0.2) is 0 Å². The number of benzene rings is 1. The molecule has 0 radical (unpaired) electrons. The number of rotatable bonds is 5. The van der Waals surface area contributed by atoms with Crippen molar-refractivity contribution < 1.29 is 19.1 Å². The maximum atomic E-state index is 13.8. The van der Waals surface area contributed by atoms with Gasteiger partial charge in [-0.1, -0.05) is 18.5 Å². The molecule has 1 aromatic rings. The Morgan fingerprint density at radius 3 is 2.65 bits per heavy atom. The Morgan fingerprint density at radius 1 is 1.50 bits per heavy atom. The molecule has 0 bridgehead atoms. The van der Waals surface area contributed by atoms with Crippen molar-refractivity contribution in [2.45, 2.75) is 25.8 Å². The minimum atomic E-state index is -0.972. The first kappa shape index (κ1) is 14.8. The third-order valence-electron chi connectivity index (χ3n) is 3.30. The first-order chi connectivity index (χ1) is 9.40. The number of amides is 1. The third kappa shape index (κ3) is 3.28. The van der Waals surface area contributed by atoms with Crippen LogP contribution in [0.1, 0.15) is 30.1 Å². The lowest BCUT2D eigenvalue weighted by atomic mass is 10.1. The molecule has 0 aromatic heterocycles. The molecule has 1 amide bonds. The smallest absolute Gasteiger partial charge is 0.308 e. The summed E-state index contributed by atoms with van der Waals surface area (Å²) in [5, 5.41) is 9.17. The van der Waals surface area contributed by atoms with E-state index in [-0.39, 0.29) is 23.2 Å². The first-order valence-corrected chi connectivity index (χ1v) is 6.76. The van der Waals surface area contributed by atoms with Crippen LogP contribution in [0, 0.1) is 11.7 Å². The van der Waals surface area contributed by atoms with E-state index in [0.29, 0.717) is 0 Å². The van der Waals surface area contributed by atoms with Crippen LogP contribution >= 0.6 is 11.6 Å². The molecule has 108 valence electrons. The van der Waals surface area contributed by atoms with E-state index < -0.39 is 23.6 Å². The zero-order valence-corrected chi connectivity index (χ0v) is 11.7. The van der Waals surface area contributed by atoms with Crippen molar-refractivity contribution in [1.82, 2.24) is 4.90 Å². The van der Waals surface area contributed by atoms with Crippen LogP contribution in [-0.4, -0.2) is 34.5 Å². The topological polar surface area (TPSA) is 57.6 Å². The fourth-order valence-corrected chi connectivity index (χ4v) is 2.13. The van der Waals surface area contributed by atoms with Crippen LogP contribution in [0.15, 0.2) is 18.2 Å². The van der Waals surface area contributed by atoms with Crippen LogP contribution in [0.2, 0.25) is 5.02 Å². The molecule has 1 atom stereocenters. The largest absolute Gasteiger partial charge is 0.481 e. The molecule has 1 aromatic carbocycles. The van der Waals surface area contributed by atoms with Gasteiger partial charge >= 0.3 is 5.97 Å². The zero-order chi connectivity index (χ0) is 14.9. The highest BCUT2D eigenvalue weighted by Crippen LogP contribution is 2.30. The van der Waals surface area contributed by atoms with Gasteiger partial charge in [-0.15, -0.1) is 0 Å². The van der Waals surface area contributed by atoms with Crippen molar-refractivity contribution in [3.8, 4) is 0 Å². The predicted molar refractivity (Wildman–Crippen MR) is 72.3 cm³/mol. The summed E-state index contributed by atoms with van der Waals surface area (Å²) < 4.78 is 13.8. The van der Waals surface area contributed by atoms with Crippen LogP contribution in [-0.2, 0) is 4.79 Å². The van der Waals surface area contributed by atoms with E-state index in [1.54, 1.807) is 0 Å². The summed E-state index contributed by atoms with van der Waals surface area (Å²) in [4.78, 5) is 24.7.